The number of aromatic nitrogens is 1. The Bertz CT molecular complexity index is 632. The van der Waals surface area contributed by atoms with Gasteiger partial charge in [0.25, 0.3) is 0 Å². The van der Waals surface area contributed by atoms with Crippen molar-refractivity contribution in [2.24, 2.45) is 7.05 Å². The van der Waals surface area contributed by atoms with Gasteiger partial charge in [-0.05, 0) is 23.8 Å². The predicted octanol–water partition coefficient (Wildman–Crippen LogP) is 1.99. The van der Waals surface area contributed by atoms with Crippen LogP contribution in [0.5, 0.6) is 0 Å². The third-order valence-electron chi connectivity index (χ3n) is 2.86. The van der Waals surface area contributed by atoms with E-state index in [0.717, 1.165) is 5.56 Å². The zero-order valence-corrected chi connectivity index (χ0v) is 11.4. The maximum Gasteiger partial charge on any atom is 0.339 e. The van der Waals surface area contributed by atoms with Crippen LogP contribution in [-0.2, 0) is 23.0 Å². The molecule has 5 nitrogen and oxygen atoms in total. The van der Waals surface area contributed by atoms with Crippen LogP contribution in [0.3, 0.4) is 0 Å². The first-order chi connectivity index (χ1) is 9.60. The Morgan fingerprint density at radius 1 is 1.25 bits per heavy atom. The molecule has 5 heteroatoms. The van der Waals surface area contributed by atoms with Crippen LogP contribution in [-0.4, -0.2) is 23.6 Å². The molecule has 0 atom stereocenters. The number of para-hydroxylation sites is 1. The Morgan fingerprint density at radius 3 is 2.65 bits per heavy atom. The number of ether oxygens (including phenoxy) is 1. The van der Waals surface area contributed by atoms with Crippen LogP contribution < -0.4 is 5.32 Å². The van der Waals surface area contributed by atoms with E-state index in [1.165, 1.54) is 7.11 Å². The average molecular weight is 272 g/mol. The number of anilines is 1. The van der Waals surface area contributed by atoms with E-state index in [1.807, 2.05) is 30.1 Å². The third-order valence-corrected chi connectivity index (χ3v) is 2.86. The number of carbonyl (C=O) groups excluding carboxylic acids is 2. The molecule has 2 rings (SSSR count). The van der Waals surface area contributed by atoms with Crippen molar-refractivity contribution in [1.29, 1.82) is 0 Å². The minimum atomic E-state index is -0.472. The normalized spacial score (nSPS) is 10.1. The lowest BCUT2D eigenvalue weighted by atomic mass is 10.1. The highest BCUT2D eigenvalue weighted by Crippen LogP contribution is 2.16. The molecule has 1 heterocycles. The summed E-state index contributed by atoms with van der Waals surface area (Å²) in [5.41, 5.74) is 1.72. The van der Waals surface area contributed by atoms with Gasteiger partial charge in [0.05, 0.1) is 24.8 Å². The number of nitrogens with zero attached hydrogens (tertiary/aromatic N) is 1. The SMILES string of the molecule is COC(=O)c1ccccc1NC(=O)Cc1ccn(C)c1. The van der Waals surface area contributed by atoms with Gasteiger partial charge >= 0.3 is 5.97 Å². The largest absolute Gasteiger partial charge is 0.465 e. The fourth-order valence-corrected chi connectivity index (χ4v) is 1.93. The molecule has 20 heavy (non-hydrogen) atoms. The molecule has 0 spiro atoms. The second kappa shape index (κ2) is 6.06. The van der Waals surface area contributed by atoms with E-state index in [9.17, 15) is 9.59 Å². The Balaban J connectivity index is 2.10. The second-order valence-electron chi connectivity index (χ2n) is 4.45. The maximum atomic E-state index is 12.0. The van der Waals surface area contributed by atoms with E-state index in [-0.39, 0.29) is 12.3 Å². The van der Waals surface area contributed by atoms with Gasteiger partial charge in [-0.15, -0.1) is 0 Å². The van der Waals surface area contributed by atoms with Crippen molar-refractivity contribution in [3.8, 4) is 0 Å². The molecule has 0 saturated carbocycles. The molecule has 1 amide bonds. The lowest BCUT2D eigenvalue weighted by Crippen LogP contribution is -2.17. The maximum absolute atomic E-state index is 12.0. The highest BCUT2D eigenvalue weighted by molar-refractivity contribution is 6.01. The van der Waals surface area contributed by atoms with Crippen molar-refractivity contribution in [1.82, 2.24) is 4.57 Å². The standard InChI is InChI=1S/C15H16N2O3/c1-17-8-7-11(10-17)9-14(18)16-13-6-4-3-5-12(13)15(19)20-2/h3-8,10H,9H2,1-2H3,(H,16,18). The van der Waals surface area contributed by atoms with Gasteiger partial charge in [-0.25, -0.2) is 4.79 Å². The van der Waals surface area contributed by atoms with Crippen LogP contribution in [0.1, 0.15) is 15.9 Å². The van der Waals surface area contributed by atoms with Crippen molar-refractivity contribution >= 4 is 17.6 Å². The van der Waals surface area contributed by atoms with Gasteiger partial charge in [0.1, 0.15) is 0 Å². The fourth-order valence-electron chi connectivity index (χ4n) is 1.93. The monoisotopic (exact) mass is 272 g/mol. The Kier molecular flexibility index (Phi) is 4.20. The van der Waals surface area contributed by atoms with Crippen LogP contribution in [0.2, 0.25) is 0 Å². The van der Waals surface area contributed by atoms with Gasteiger partial charge < -0.3 is 14.6 Å². The number of esters is 1. The number of rotatable bonds is 4. The minimum absolute atomic E-state index is 0.174. The third kappa shape index (κ3) is 3.26. The van der Waals surface area contributed by atoms with E-state index in [1.54, 1.807) is 24.3 Å². The molecular formula is C15H16N2O3. The molecule has 0 aliphatic heterocycles. The highest BCUT2D eigenvalue weighted by atomic mass is 16.5. The molecule has 0 bridgehead atoms. The highest BCUT2D eigenvalue weighted by Gasteiger charge is 2.13. The van der Waals surface area contributed by atoms with Gasteiger partial charge in [-0.2, -0.15) is 0 Å². The molecule has 1 aromatic carbocycles. The topological polar surface area (TPSA) is 60.3 Å². The van der Waals surface area contributed by atoms with Crippen molar-refractivity contribution < 1.29 is 14.3 Å². The lowest BCUT2D eigenvalue weighted by molar-refractivity contribution is -0.115. The number of methoxy groups -OCH3 is 1. The van der Waals surface area contributed by atoms with Crippen LogP contribution in [0.25, 0.3) is 0 Å². The number of hydrogen-bond acceptors (Lipinski definition) is 3. The van der Waals surface area contributed by atoms with Crippen molar-refractivity contribution in [3.05, 3.63) is 53.9 Å². The molecule has 1 aromatic heterocycles. The molecule has 0 aliphatic rings. The minimum Gasteiger partial charge on any atom is -0.465 e. The Labute approximate surface area is 117 Å². The zero-order valence-electron chi connectivity index (χ0n) is 11.4. The first-order valence-electron chi connectivity index (χ1n) is 6.18. The Hall–Kier alpha value is -2.56. The van der Waals surface area contributed by atoms with Gasteiger partial charge in [0.15, 0.2) is 0 Å². The van der Waals surface area contributed by atoms with E-state index in [0.29, 0.717) is 11.3 Å². The average Bonchev–Trinajstić information content (AvgIpc) is 2.83. The van der Waals surface area contributed by atoms with E-state index in [2.05, 4.69) is 10.1 Å². The predicted molar refractivity (Wildman–Crippen MR) is 75.5 cm³/mol. The van der Waals surface area contributed by atoms with Gasteiger partial charge in [0.2, 0.25) is 5.91 Å². The summed E-state index contributed by atoms with van der Waals surface area (Å²) in [6, 6.07) is 8.65. The quantitative estimate of drug-likeness (QED) is 0.866. The second-order valence-corrected chi connectivity index (χ2v) is 4.45. The van der Waals surface area contributed by atoms with Crippen molar-refractivity contribution in [2.75, 3.05) is 12.4 Å². The number of nitrogens with one attached hydrogen (secondary N) is 1. The summed E-state index contributed by atoms with van der Waals surface area (Å²) in [7, 11) is 3.21. The zero-order chi connectivity index (χ0) is 14.5. The van der Waals surface area contributed by atoms with Gasteiger partial charge in [0, 0.05) is 19.4 Å². The number of amides is 1. The van der Waals surface area contributed by atoms with Crippen molar-refractivity contribution in [3.63, 3.8) is 0 Å². The molecule has 0 saturated heterocycles. The molecule has 0 unspecified atom stereocenters. The summed E-state index contributed by atoms with van der Waals surface area (Å²) in [5, 5.41) is 2.73. The number of hydrogen-bond donors (Lipinski definition) is 1. The molecule has 0 aliphatic carbocycles. The number of carbonyl (C=O) groups is 2. The summed E-state index contributed by atoms with van der Waals surface area (Å²) in [6.45, 7) is 0. The molecule has 0 radical (unpaired) electrons. The molecule has 104 valence electrons. The number of aryl methyl sites for hydroxylation is 1. The molecule has 0 fully saturated rings. The molecule has 1 N–H and O–H groups in total. The van der Waals surface area contributed by atoms with E-state index >= 15 is 0 Å². The lowest BCUT2D eigenvalue weighted by Gasteiger charge is -2.09. The van der Waals surface area contributed by atoms with Gasteiger partial charge in [-0.3, -0.25) is 4.79 Å². The first-order valence-corrected chi connectivity index (χ1v) is 6.18. The van der Waals surface area contributed by atoms with E-state index < -0.39 is 5.97 Å². The molecule has 2 aromatic rings. The van der Waals surface area contributed by atoms with E-state index in [4.69, 9.17) is 0 Å². The summed E-state index contributed by atoms with van der Waals surface area (Å²) in [6.07, 6.45) is 4.02. The smallest absolute Gasteiger partial charge is 0.339 e. The summed E-state index contributed by atoms with van der Waals surface area (Å²) in [5.74, 6) is -0.645. The summed E-state index contributed by atoms with van der Waals surface area (Å²) < 4.78 is 6.57. The fraction of sp³-hybridized carbons (Fsp3) is 0.200. The Morgan fingerprint density at radius 2 is 2.00 bits per heavy atom. The number of benzene rings is 1. The molecular weight excluding hydrogens is 256 g/mol. The van der Waals surface area contributed by atoms with Crippen LogP contribution >= 0.6 is 0 Å². The van der Waals surface area contributed by atoms with Crippen LogP contribution in [0, 0.1) is 0 Å². The summed E-state index contributed by atoms with van der Waals surface area (Å²) in [4.78, 5) is 23.6. The van der Waals surface area contributed by atoms with Gasteiger partial charge in [-0.1, -0.05) is 12.1 Å². The van der Waals surface area contributed by atoms with Crippen molar-refractivity contribution in [2.45, 2.75) is 6.42 Å². The van der Waals surface area contributed by atoms with Crippen LogP contribution in [0.15, 0.2) is 42.7 Å². The van der Waals surface area contributed by atoms with Crippen LogP contribution in [0.4, 0.5) is 5.69 Å². The summed E-state index contributed by atoms with van der Waals surface area (Å²) >= 11 is 0. The first kappa shape index (κ1) is 13.9.